The van der Waals surface area contributed by atoms with Gasteiger partial charge in [-0.2, -0.15) is 18.4 Å². The van der Waals surface area contributed by atoms with Gasteiger partial charge in [-0.05, 0) is 56.5 Å². The molecule has 2 rings (SSSR count). The van der Waals surface area contributed by atoms with Gasteiger partial charge in [0.2, 0.25) is 0 Å². The van der Waals surface area contributed by atoms with E-state index in [9.17, 15) is 13.2 Å². The third kappa shape index (κ3) is 4.36. The molecule has 1 aromatic rings. The zero-order chi connectivity index (χ0) is 15.3. The second-order valence-electron chi connectivity index (χ2n) is 5.17. The zero-order valence-electron chi connectivity index (χ0n) is 11.5. The van der Waals surface area contributed by atoms with Gasteiger partial charge in [-0.3, -0.25) is 0 Å². The lowest BCUT2D eigenvalue weighted by molar-refractivity contribution is -0.139. The first-order valence-electron chi connectivity index (χ1n) is 6.95. The summed E-state index contributed by atoms with van der Waals surface area (Å²) in [7, 11) is 0. The number of nitriles is 1. The molecular formula is C15H17F3N2O. The molecule has 1 atom stereocenters. The van der Waals surface area contributed by atoms with Crippen molar-refractivity contribution in [2.75, 3.05) is 19.7 Å². The first-order valence-corrected chi connectivity index (χ1v) is 6.95. The Morgan fingerprint density at radius 3 is 2.81 bits per heavy atom. The van der Waals surface area contributed by atoms with E-state index in [1.807, 2.05) is 0 Å². The minimum Gasteiger partial charge on any atom is -0.493 e. The topological polar surface area (TPSA) is 45.0 Å². The summed E-state index contributed by atoms with van der Waals surface area (Å²) in [6.45, 7) is 2.15. The van der Waals surface area contributed by atoms with Crippen LogP contribution in [-0.4, -0.2) is 19.7 Å². The van der Waals surface area contributed by atoms with Crippen molar-refractivity contribution in [1.29, 1.82) is 5.26 Å². The summed E-state index contributed by atoms with van der Waals surface area (Å²) in [6.07, 6.45) is -1.62. The van der Waals surface area contributed by atoms with Crippen LogP contribution in [0.1, 0.15) is 30.4 Å². The highest BCUT2D eigenvalue weighted by Gasteiger charge is 2.34. The lowest BCUT2D eigenvalue weighted by atomic mass is 9.97. The van der Waals surface area contributed by atoms with E-state index < -0.39 is 11.7 Å². The standard InChI is InChI=1S/C15H17F3N2O/c16-15(17,18)13-8-12(9-19)3-4-14(13)21-7-5-11-2-1-6-20-10-11/h3-4,8,11,20H,1-2,5-7,10H2. The number of ether oxygens (including phenoxy) is 1. The molecule has 1 aliphatic heterocycles. The fraction of sp³-hybridized carbons (Fsp3) is 0.533. The number of piperidine rings is 1. The summed E-state index contributed by atoms with van der Waals surface area (Å²) >= 11 is 0. The van der Waals surface area contributed by atoms with Gasteiger partial charge in [0.25, 0.3) is 0 Å². The molecule has 1 unspecified atom stereocenters. The van der Waals surface area contributed by atoms with Crippen LogP contribution in [0.5, 0.6) is 5.75 Å². The van der Waals surface area contributed by atoms with E-state index in [1.54, 1.807) is 6.07 Å². The molecule has 0 aromatic heterocycles. The van der Waals surface area contributed by atoms with E-state index >= 15 is 0 Å². The molecule has 21 heavy (non-hydrogen) atoms. The highest BCUT2D eigenvalue weighted by atomic mass is 19.4. The van der Waals surface area contributed by atoms with Gasteiger partial charge >= 0.3 is 6.18 Å². The fourth-order valence-corrected chi connectivity index (χ4v) is 2.45. The van der Waals surface area contributed by atoms with Gasteiger partial charge in [0.05, 0.1) is 23.8 Å². The first kappa shape index (κ1) is 15.6. The predicted molar refractivity (Wildman–Crippen MR) is 71.9 cm³/mol. The van der Waals surface area contributed by atoms with Crippen molar-refractivity contribution >= 4 is 0 Å². The monoisotopic (exact) mass is 298 g/mol. The van der Waals surface area contributed by atoms with Crippen LogP contribution < -0.4 is 10.1 Å². The van der Waals surface area contributed by atoms with Crippen LogP contribution in [0, 0.1) is 17.2 Å². The van der Waals surface area contributed by atoms with Crippen molar-refractivity contribution in [3.05, 3.63) is 29.3 Å². The number of benzene rings is 1. The highest BCUT2D eigenvalue weighted by molar-refractivity contribution is 5.43. The van der Waals surface area contributed by atoms with Crippen molar-refractivity contribution in [3.8, 4) is 11.8 Å². The Hall–Kier alpha value is -1.74. The third-order valence-corrected chi connectivity index (χ3v) is 3.60. The zero-order valence-corrected chi connectivity index (χ0v) is 11.5. The Morgan fingerprint density at radius 2 is 2.19 bits per heavy atom. The quantitative estimate of drug-likeness (QED) is 0.927. The lowest BCUT2D eigenvalue weighted by Gasteiger charge is -2.23. The van der Waals surface area contributed by atoms with Crippen LogP contribution in [-0.2, 0) is 6.18 Å². The van der Waals surface area contributed by atoms with E-state index in [0.717, 1.165) is 38.4 Å². The SMILES string of the molecule is N#Cc1ccc(OCCC2CCCNC2)c(C(F)(F)F)c1. The van der Waals surface area contributed by atoms with Crippen molar-refractivity contribution < 1.29 is 17.9 Å². The molecule has 1 N–H and O–H groups in total. The van der Waals surface area contributed by atoms with Gasteiger partial charge in [0.15, 0.2) is 0 Å². The molecule has 0 saturated carbocycles. The molecule has 1 saturated heterocycles. The highest BCUT2D eigenvalue weighted by Crippen LogP contribution is 2.37. The van der Waals surface area contributed by atoms with Crippen molar-refractivity contribution in [3.63, 3.8) is 0 Å². The Labute approximate surface area is 121 Å². The van der Waals surface area contributed by atoms with Crippen LogP contribution in [0.4, 0.5) is 13.2 Å². The van der Waals surface area contributed by atoms with Gasteiger partial charge < -0.3 is 10.1 Å². The van der Waals surface area contributed by atoms with Crippen LogP contribution in [0.25, 0.3) is 0 Å². The van der Waals surface area contributed by atoms with Crippen LogP contribution >= 0.6 is 0 Å². The summed E-state index contributed by atoms with van der Waals surface area (Å²) < 4.78 is 44.2. The van der Waals surface area contributed by atoms with Crippen LogP contribution in [0.2, 0.25) is 0 Å². The minimum absolute atomic E-state index is 0.0221. The summed E-state index contributed by atoms with van der Waals surface area (Å²) in [5, 5.41) is 12.0. The summed E-state index contributed by atoms with van der Waals surface area (Å²) in [6, 6.07) is 5.10. The van der Waals surface area contributed by atoms with Crippen LogP contribution in [0.3, 0.4) is 0 Å². The van der Waals surface area contributed by atoms with Gasteiger partial charge in [-0.25, -0.2) is 0 Å². The average Bonchev–Trinajstić information content (AvgIpc) is 2.47. The number of hydrogen-bond acceptors (Lipinski definition) is 3. The summed E-state index contributed by atoms with van der Waals surface area (Å²) in [5.41, 5.74) is -0.908. The number of halogens is 3. The second kappa shape index (κ2) is 6.81. The predicted octanol–water partition coefficient (Wildman–Crippen LogP) is 3.35. The molecule has 0 spiro atoms. The maximum Gasteiger partial charge on any atom is 0.420 e. The van der Waals surface area contributed by atoms with Crippen molar-refractivity contribution in [2.45, 2.75) is 25.4 Å². The van der Waals surface area contributed by atoms with Crippen molar-refractivity contribution in [2.24, 2.45) is 5.92 Å². The molecule has 1 fully saturated rings. The Bertz CT molecular complexity index is 517. The Kier molecular flexibility index (Phi) is 5.07. The van der Waals surface area contributed by atoms with E-state index in [-0.39, 0.29) is 17.9 Å². The second-order valence-corrected chi connectivity index (χ2v) is 5.17. The van der Waals surface area contributed by atoms with Gasteiger partial charge in [-0.1, -0.05) is 0 Å². The van der Waals surface area contributed by atoms with Crippen molar-refractivity contribution in [1.82, 2.24) is 5.32 Å². The summed E-state index contributed by atoms with van der Waals surface area (Å²) in [4.78, 5) is 0. The molecule has 0 bridgehead atoms. The first-order chi connectivity index (χ1) is 10.0. The number of rotatable bonds is 4. The molecular weight excluding hydrogens is 281 g/mol. The number of alkyl halides is 3. The maximum absolute atomic E-state index is 12.9. The summed E-state index contributed by atoms with van der Waals surface area (Å²) in [5.74, 6) is 0.247. The molecule has 6 heteroatoms. The largest absolute Gasteiger partial charge is 0.493 e. The Balaban J connectivity index is 2.00. The molecule has 0 radical (unpaired) electrons. The van der Waals surface area contributed by atoms with Gasteiger partial charge in [-0.15, -0.1) is 0 Å². The molecule has 1 heterocycles. The van der Waals surface area contributed by atoms with Gasteiger partial charge in [0, 0.05) is 0 Å². The molecule has 114 valence electrons. The maximum atomic E-state index is 12.9. The molecule has 0 aliphatic carbocycles. The number of nitrogens with one attached hydrogen (secondary N) is 1. The normalized spacial score (nSPS) is 19.0. The Morgan fingerprint density at radius 1 is 1.38 bits per heavy atom. The van der Waals surface area contributed by atoms with E-state index in [4.69, 9.17) is 10.00 Å². The lowest BCUT2D eigenvalue weighted by Crippen LogP contribution is -2.30. The molecule has 0 amide bonds. The minimum atomic E-state index is -4.52. The van der Waals surface area contributed by atoms with Crippen LogP contribution in [0.15, 0.2) is 18.2 Å². The van der Waals surface area contributed by atoms with E-state index in [2.05, 4.69) is 5.32 Å². The fourth-order valence-electron chi connectivity index (χ4n) is 2.45. The van der Waals surface area contributed by atoms with E-state index in [0.29, 0.717) is 5.92 Å². The third-order valence-electron chi connectivity index (χ3n) is 3.60. The molecule has 1 aromatic carbocycles. The number of hydrogen-bond donors (Lipinski definition) is 1. The molecule has 1 aliphatic rings. The number of nitrogens with zero attached hydrogens (tertiary/aromatic N) is 1. The molecule has 3 nitrogen and oxygen atoms in total. The average molecular weight is 298 g/mol. The van der Waals surface area contributed by atoms with Gasteiger partial charge in [0.1, 0.15) is 5.75 Å². The van der Waals surface area contributed by atoms with E-state index in [1.165, 1.54) is 12.1 Å². The smallest absolute Gasteiger partial charge is 0.420 e.